The maximum Gasteiger partial charge on any atom is 0.300 e. The molecule has 3 aromatic rings. The Balaban J connectivity index is 1.98. The van der Waals surface area contributed by atoms with Crippen LogP contribution < -0.4 is 9.64 Å². The fraction of sp³-hybridized carbons (Fsp3) is 0.250. The molecule has 1 atom stereocenters. The van der Waals surface area contributed by atoms with Gasteiger partial charge in [-0.05, 0) is 60.4 Å². The van der Waals surface area contributed by atoms with E-state index in [1.807, 2.05) is 27.7 Å². The van der Waals surface area contributed by atoms with E-state index >= 15 is 0 Å². The first kappa shape index (κ1) is 24.0. The summed E-state index contributed by atoms with van der Waals surface area (Å²) >= 11 is 0. The van der Waals surface area contributed by atoms with Crippen LogP contribution in [0.3, 0.4) is 0 Å². The maximum absolute atomic E-state index is 13.3. The number of aryl methyl sites for hydroxylation is 1. The molecule has 0 aliphatic carbocycles. The van der Waals surface area contributed by atoms with Crippen molar-refractivity contribution in [3.05, 3.63) is 88.8 Å². The molecule has 7 heteroatoms. The van der Waals surface area contributed by atoms with E-state index in [9.17, 15) is 19.8 Å². The van der Waals surface area contributed by atoms with Gasteiger partial charge in [0, 0.05) is 17.3 Å². The average Bonchev–Trinajstić information content (AvgIpc) is 3.10. The molecule has 1 aliphatic heterocycles. The number of carbonyl (C=O) groups excluding carboxylic acids is 2. The number of methoxy groups -OCH3 is 1. The number of anilines is 1. The summed E-state index contributed by atoms with van der Waals surface area (Å²) in [5, 5.41) is 22.0. The van der Waals surface area contributed by atoms with Crippen LogP contribution in [0.4, 0.5) is 5.69 Å². The number of ketones is 1. The molecule has 1 aliphatic rings. The molecule has 7 nitrogen and oxygen atoms in total. The van der Waals surface area contributed by atoms with E-state index in [0.29, 0.717) is 17.0 Å². The number of aromatic hydroxyl groups is 1. The van der Waals surface area contributed by atoms with Crippen LogP contribution in [0.2, 0.25) is 0 Å². The van der Waals surface area contributed by atoms with Crippen molar-refractivity contribution in [2.24, 2.45) is 0 Å². The number of aliphatic hydroxyl groups excluding tert-OH is 1. The van der Waals surface area contributed by atoms with Crippen molar-refractivity contribution >= 4 is 23.1 Å². The summed E-state index contributed by atoms with van der Waals surface area (Å²) in [4.78, 5) is 32.2. The molecule has 0 spiro atoms. The molecular formula is C28H28N2O5. The smallest absolute Gasteiger partial charge is 0.300 e. The monoisotopic (exact) mass is 472 g/mol. The molecule has 1 saturated heterocycles. The number of pyridine rings is 1. The highest BCUT2D eigenvalue weighted by atomic mass is 16.5. The standard InChI is InChI=1S/C28H28N2O5/c1-16-9-11-21(31)20(14-16)30-24(19-8-6-7-13-29-19)23(26(33)27(30)34)25(32)17-10-12-22(35-5)18(15-17)28(2,3)4/h6-15,24,31-32H,1-5H3/b25-23-. The molecule has 2 heterocycles. The topological polar surface area (TPSA) is 100.0 Å². The Bertz CT molecular complexity index is 1340. The molecular weight excluding hydrogens is 444 g/mol. The highest BCUT2D eigenvalue weighted by molar-refractivity contribution is 6.51. The third-order valence-electron chi connectivity index (χ3n) is 6.08. The van der Waals surface area contributed by atoms with Crippen LogP contribution in [0.25, 0.3) is 5.76 Å². The summed E-state index contributed by atoms with van der Waals surface area (Å²) < 4.78 is 5.50. The van der Waals surface area contributed by atoms with Crippen molar-refractivity contribution in [3.63, 3.8) is 0 Å². The van der Waals surface area contributed by atoms with Gasteiger partial charge in [0.05, 0.1) is 24.1 Å². The van der Waals surface area contributed by atoms with Crippen molar-refractivity contribution in [1.29, 1.82) is 0 Å². The first-order chi connectivity index (χ1) is 16.5. The fourth-order valence-corrected chi connectivity index (χ4v) is 4.32. The van der Waals surface area contributed by atoms with Gasteiger partial charge in [-0.25, -0.2) is 0 Å². The van der Waals surface area contributed by atoms with E-state index in [1.165, 1.54) is 11.0 Å². The molecule has 4 rings (SSSR count). The lowest BCUT2D eigenvalue weighted by Crippen LogP contribution is -2.30. The molecule has 0 radical (unpaired) electrons. The van der Waals surface area contributed by atoms with E-state index in [2.05, 4.69) is 4.98 Å². The van der Waals surface area contributed by atoms with Crippen LogP contribution in [0.1, 0.15) is 49.2 Å². The highest BCUT2D eigenvalue weighted by Crippen LogP contribution is 2.45. The quantitative estimate of drug-likeness (QED) is 0.314. The molecule has 0 saturated carbocycles. The summed E-state index contributed by atoms with van der Waals surface area (Å²) in [6, 6.07) is 14.1. The molecule has 2 N–H and O–H groups in total. The number of aliphatic hydroxyl groups is 1. The summed E-state index contributed by atoms with van der Waals surface area (Å²) in [7, 11) is 1.57. The summed E-state index contributed by atoms with van der Waals surface area (Å²) in [6.45, 7) is 7.87. The largest absolute Gasteiger partial charge is 0.507 e. The van der Waals surface area contributed by atoms with Gasteiger partial charge in [-0.3, -0.25) is 19.5 Å². The Morgan fingerprint density at radius 3 is 2.43 bits per heavy atom. The highest BCUT2D eigenvalue weighted by Gasteiger charge is 2.48. The van der Waals surface area contributed by atoms with Crippen LogP contribution in [0, 0.1) is 6.92 Å². The number of phenolic OH excluding ortho intramolecular Hbond substituents is 1. The number of amides is 1. The van der Waals surface area contributed by atoms with Gasteiger partial charge in [-0.2, -0.15) is 0 Å². The van der Waals surface area contributed by atoms with Crippen molar-refractivity contribution in [1.82, 2.24) is 4.98 Å². The molecule has 0 bridgehead atoms. The Morgan fingerprint density at radius 1 is 1.06 bits per heavy atom. The van der Waals surface area contributed by atoms with E-state index in [1.54, 1.807) is 61.8 Å². The SMILES string of the molecule is COc1ccc(/C(O)=C2/C(=O)C(=O)N(c3cc(C)ccc3O)C2c2ccccn2)cc1C(C)(C)C. The van der Waals surface area contributed by atoms with E-state index < -0.39 is 17.7 Å². The van der Waals surface area contributed by atoms with Gasteiger partial charge in [0.15, 0.2) is 0 Å². The van der Waals surface area contributed by atoms with Crippen LogP contribution in [-0.4, -0.2) is 34.0 Å². The van der Waals surface area contributed by atoms with Crippen LogP contribution in [0.5, 0.6) is 11.5 Å². The average molecular weight is 473 g/mol. The molecule has 180 valence electrons. The Kier molecular flexibility index (Phi) is 6.11. The van der Waals surface area contributed by atoms with Gasteiger partial charge < -0.3 is 14.9 Å². The molecule has 1 aromatic heterocycles. The second kappa shape index (κ2) is 8.91. The van der Waals surface area contributed by atoms with Gasteiger partial charge in [0.25, 0.3) is 11.7 Å². The number of ether oxygens (including phenoxy) is 1. The third-order valence-corrected chi connectivity index (χ3v) is 6.08. The van der Waals surface area contributed by atoms with Gasteiger partial charge in [-0.1, -0.05) is 32.9 Å². The number of benzene rings is 2. The van der Waals surface area contributed by atoms with E-state index in [0.717, 1.165) is 11.1 Å². The second-order valence-corrected chi connectivity index (χ2v) is 9.58. The maximum atomic E-state index is 13.3. The minimum Gasteiger partial charge on any atom is -0.507 e. The lowest BCUT2D eigenvalue weighted by Gasteiger charge is -2.26. The van der Waals surface area contributed by atoms with Crippen LogP contribution >= 0.6 is 0 Å². The number of carbonyl (C=O) groups is 2. The summed E-state index contributed by atoms with van der Waals surface area (Å²) in [5.74, 6) is -1.53. The van der Waals surface area contributed by atoms with Gasteiger partial charge in [0.2, 0.25) is 0 Å². The summed E-state index contributed by atoms with van der Waals surface area (Å²) in [6.07, 6.45) is 1.55. The Morgan fingerprint density at radius 2 is 1.80 bits per heavy atom. The molecule has 35 heavy (non-hydrogen) atoms. The molecule has 1 fully saturated rings. The van der Waals surface area contributed by atoms with Crippen LogP contribution in [-0.2, 0) is 15.0 Å². The minimum atomic E-state index is -1.02. The summed E-state index contributed by atoms with van der Waals surface area (Å²) in [5.41, 5.74) is 2.17. The minimum absolute atomic E-state index is 0.0976. The Labute approximate surface area is 204 Å². The van der Waals surface area contributed by atoms with Crippen molar-refractivity contribution in [2.45, 2.75) is 39.2 Å². The van der Waals surface area contributed by atoms with Crippen molar-refractivity contribution in [3.8, 4) is 11.5 Å². The van der Waals surface area contributed by atoms with Crippen LogP contribution in [0.15, 0.2) is 66.4 Å². The lowest BCUT2D eigenvalue weighted by atomic mass is 9.84. The zero-order valence-corrected chi connectivity index (χ0v) is 20.4. The number of hydrogen-bond donors (Lipinski definition) is 2. The number of phenols is 1. The number of hydrogen-bond acceptors (Lipinski definition) is 6. The number of aromatic nitrogens is 1. The first-order valence-electron chi connectivity index (χ1n) is 11.2. The van der Waals surface area contributed by atoms with Gasteiger partial charge in [0.1, 0.15) is 23.3 Å². The molecule has 2 aromatic carbocycles. The van der Waals surface area contributed by atoms with E-state index in [-0.39, 0.29) is 28.2 Å². The molecule has 1 amide bonds. The Hall–Kier alpha value is -4.13. The van der Waals surface area contributed by atoms with E-state index in [4.69, 9.17) is 4.74 Å². The third kappa shape index (κ3) is 4.25. The zero-order chi connectivity index (χ0) is 25.5. The lowest BCUT2D eigenvalue weighted by molar-refractivity contribution is -0.132. The first-order valence-corrected chi connectivity index (χ1v) is 11.2. The predicted molar refractivity (Wildman–Crippen MR) is 134 cm³/mol. The zero-order valence-electron chi connectivity index (χ0n) is 20.4. The van der Waals surface area contributed by atoms with Crippen molar-refractivity contribution in [2.75, 3.05) is 12.0 Å². The fourth-order valence-electron chi connectivity index (χ4n) is 4.32. The normalized spacial score (nSPS) is 17.6. The number of nitrogens with zero attached hydrogens (tertiary/aromatic N) is 2. The second-order valence-electron chi connectivity index (χ2n) is 9.58. The van der Waals surface area contributed by atoms with Crippen molar-refractivity contribution < 1.29 is 24.5 Å². The predicted octanol–water partition coefficient (Wildman–Crippen LogP) is 5.03. The van der Waals surface area contributed by atoms with Gasteiger partial charge >= 0.3 is 0 Å². The number of Topliss-reactive ketones (excluding diaryl/α,β-unsaturated/α-hetero) is 1. The van der Waals surface area contributed by atoms with Gasteiger partial charge in [-0.15, -0.1) is 0 Å². The molecule has 1 unspecified atom stereocenters. The number of rotatable bonds is 4.